The number of para-hydroxylation sites is 2. The molecule has 2 atom stereocenters. The Bertz CT molecular complexity index is 1590. The molecule has 0 aliphatic heterocycles. The number of ether oxygens (including phenoxy) is 2. The second-order valence-corrected chi connectivity index (χ2v) is 9.20. The fourth-order valence-corrected chi connectivity index (χ4v) is 3.81. The number of carbonyl (C=O) groups excluding carboxylic acids is 1. The fourth-order valence-electron chi connectivity index (χ4n) is 3.81. The Labute approximate surface area is 256 Å². The monoisotopic (exact) mass is 620 g/mol. The molecule has 0 saturated carbocycles. The number of aromatic carboxylic acids is 2. The third-order valence-electron chi connectivity index (χ3n) is 5.97. The Morgan fingerprint density at radius 3 is 1.76 bits per heavy atom. The lowest BCUT2D eigenvalue weighted by Gasteiger charge is -2.20. The van der Waals surface area contributed by atoms with E-state index in [0.717, 1.165) is 0 Å². The quantitative estimate of drug-likeness (QED) is 0.0853. The van der Waals surface area contributed by atoms with E-state index in [2.05, 4.69) is 0 Å². The van der Waals surface area contributed by atoms with Crippen LogP contribution in [0.2, 0.25) is 0 Å². The zero-order valence-corrected chi connectivity index (χ0v) is 23.4. The number of halogens is 1. The van der Waals surface area contributed by atoms with Crippen molar-refractivity contribution < 1.29 is 53.9 Å². The number of hydrogen-bond donors (Lipinski definition) is 6. The van der Waals surface area contributed by atoms with Crippen LogP contribution in [0.5, 0.6) is 28.7 Å². The predicted molar refractivity (Wildman–Crippen MR) is 158 cm³/mol. The number of carbonyl (C=O) groups is 3. The maximum atomic E-state index is 12.9. The van der Waals surface area contributed by atoms with E-state index < -0.39 is 24.0 Å². The molecular formula is C32H29FN2O10. The van der Waals surface area contributed by atoms with Gasteiger partial charge in [0.25, 0.3) is 0 Å². The van der Waals surface area contributed by atoms with Crippen molar-refractivity contribution in [2.75, 3.05) is 0 Å². The van der Waals surface area contributed by atoms with Crippen molar-refractivity contribution in [2.45, 2.75) is 18.6 Å². The topological polar surface area (TPSA) is 200 Å². The van der Waals surface area contributed by atoms with Gasteiger partial charge in [-0.05, 0) is 66.7 Å². The van der Waals surface area contributed by atoms with Crippen LogP contribution in [0.1, 0.15) is 27.1 Å². The van der Waals surface area contributed by atoms with Crippen LogP contribution in [-0.2, 0) is 0 Å². The Balaban J connectivity index is 0.000000226. The summed E-state index contributed by atoms with van der Waals surface area (Å²) in [5.74, 6) is -1.33. The van der Waals surface area contributed by atoms with Crippen molar-refractivity contribution in [3.8, 4) is 28.7 Å². The highest BCUT2D eigenvalue weighted by Crippen LogP contribution is 2.28. The highest BCUT2D eigenvalue weighted by molar-refractivity contribution is 5.91. The van der Waals surface area contributed by atoms with E-state index in [1.54, 1.807) is 60.7 Å². The molecule has 1 aliphatic carbocycles. The summed E-state index contributed by atoms with van der Waals surface area (Å²) in [6, 6.07) is 22.9. The molecule has 5 rings (SSSR count). The third-order valence-corrected chi connectivity index (χ3v) is 5.97. The molecule has 0 aromatic heterocycles. The zero-order valence-electron chi connectivity index (χ0n) is 23.4. The molecule has 0 fully saturated rings. The van der Waals surface area contributed by atoms with Gasteiger partial charge in [-0.2, -0.15) is 5.06 Å². The number of amides is 2. The van der Waals surface area contributed by atoms with Gasteiger partial charge in [-0.1, -0.05) is 36.4 Å². The van der Waals surface area contributed by atoms with Crippen molar-refractivity contribution >= 4 is 18.0 Å². The first-order chi connectivity index (χ1) is 21.4. The Morgan fingerprint density at radius 2 is 1.27 bits per heavy atom. The van der Waals surface area contributed by atoms with Gasteiger partial charge in [0.05, 0.1) is 6.04 Å². The molecule has 234 valence electrons. The molecule has 2 amide bonds. The number of carboxylic acids is 2. The van der Waals surface area contributed by atoms with Gasteiger partial charge in [-0.15, -0.1) is 0 Å². The number of carboxylic acid groups (broad SMARTS) is 2. The number of hydroxylamine groups is 2. The van der Waals surface area contributed by atoms with Crippen LogP contribution in [0.3, 0.4) is 0 Å². The van der Waals surface area contributed by atoms with Gasteiger partial charge in [0.1, 0.15) is 51.8 Å². The van der Waals surface area contributed by atoms with E-state index in [1.807, 2.05) is 0 Å². The van der Waals surface area contributed by atoms with E-state index in [-0.39, 0.29) is 34.5 Å². The number of nitrogens with two attached hydrogens (primary N) is 1. The maximum Gasteiger partial charge on any atom is 0.339 e. The van der Waals surface area contributed by atoms with Crippen molar-refractivity contribution in [3.05, 3.63) is 126 Å². The minimum atomic E-state index is -1.11. The van der Waals surface area contributed by atoms with Crippen LogP contribution in [0.15, 0.2) is 109 Å². The summed E-state index contributed by atoms with van der Waals surface area (Å²) in [6.45, 7) is 0. The molecule has 4 aromatic rings. The van der Waals surface area contributed by atoms with Crippen molar-refractivity contribution in [1.82, 2.24) is 5.06 Å². The number of rotatable bonds is 7. The number of primary amides is 1. The number of aromatic hydroxyl groups is 2. The second kappa shape index (κ2) is 16.0. The van der Waals surface area contributed by atoms with Crippen LogP contribution in [-0.4, -0.2) is 60.8 Å². The minimum absolute atomic E-state index is 0.0671. The summed E-state index contributed by atoms with van der Waals surface area (Å²) in [5.41, 5.74) is 4.90. The van der Waals surface area contributed by atoms with Gasteiger partial charge < -0.3 is 35.6 Å². The number of nitrogens with zero attached hydrogens (tertiary/aromatic N) is 1. The van der Waals surface area contributed by atoms with Crippen LogP contribution >= 0.6 is 0 Å². The van der Waals surface area contributed by atoms with Crippen LogP contribution in [0.25, 0.3) is 0 Å². The van der Waals surface area contributed by atoms with Crippen molar-refractivity contribution in [3.63, 3.8) is 0 Å². The van der Waals surface area contributed by atoms with E-state index in [9.17, 15) is 24.0 Å². The second-order valence-electron chi connectivity index (χ2n) is 9.20. The average Bonchev–Trinajstić information content (AvgIpc) is 3.47. The summed E-state index contributed by atoms with van der Waals surface area (Å²) >= 11 is 0. The summed E-state index contributed by atoms with van der Waals surface area (Å²) in [4.78, 5) is 31.5. The smallest absolute Gasteiger partial charge is 0.339 e. The normalized spacial score (nSPS) is 14.5. The molecule has 1 aliphatic rings. The molecule has 13 heteroatoms. The summed E-state index contributed by atoms with van der Waals surface area (Å²) in [7, 11) is 0. The van der Waals surface area contributed by atoms with Gasteiger partial charge in [0.2, 0.25) is 0 Å². The molecule has 12 nitrogen and oxygen atoms in total. The van der Waals surface area contributed by atoms with E-state index in [0.29, 0.717) is 28.7 Å². The summed E-state index contributed by atoms with van der Waals surface area (Å²) < 4.78 is 24.4. The molecule has 2 unspecified atom stereocenters. The first kappa shape index (κ1) is 33.4. The first-order valence-corrected chi connectivity index (χ1v) is 13.1. The maximum absolute atomic E-state index is 12.9. The zero-order chi connectivity index (χ0) is 32.9. The van der Waals surface area contributed by atoms with Gasteiger partial charge in [0, 0.05) is 12.5 Å². The van der Waals surface area contributed by atoms with Crippen molar-refractivity contribution in [2.24, 2.45) is 5.73 Å². The molecule has 7 N–H and O–H groups in total. The minimum Gasteiger partial charge on any atom is -0.507 e. The van der Waals surface area contributed by atoms with Crippen LogP contribution < -0.4 is 15.2 Å². The van der Waals surface area contributed by atoms with Gasteiger partial charge in [-0.25, -0.2) is 18.8 Å². The largest absolute Gasteiger partial charge is 0.507 e. The lowest BCUT2D eigenvalue weighted by molar-refractivity contribution is -0.0645. The Morgan fingerprint density at radius 1 is 0.733 bits per heavy atom. The first-order valence-electron chi connectivity index (χ1n) is 13.1. The molecule has 0 heterocycles. The molecular weight excluding hydrogens is 591 g/mol. The Hall–Kier alpha value is -6.08. The van der Waals surface area contributed by atoms with Gasteiger partial charge in [-0.3, -0.25) is 5.21 Å². The Kier molecular flexibility index (Phi) is 11.8. The third kappa shape index (κ3) is 10.3. The molecule has 0 spiro atoms. The van der Waals surface area contributed by atoms with Crippen LogP contribution in [0.4, 0.5) is 9.18 Å². The predicted octanol–water partition coefficient (Wildman–Crippen LogP) is 5.64. The van der Waals surface area contributed by atoms with Crippen LogP contribution in [0, 0.1) is 5.82 Å². The summed E-state index contributed by atoms with van der Waals surface area (Å²) in [5, 5.41) is 44.6. The standard InChI is InChI=1S/C18H17FN2O4.2C7H6O3/c19-12-4-7-14(8-5-12)24-15-2-1-3-16(11-15)25-17-9-6-13(10-17)21(23)18(20)22;2*8-6-4-2-1-3-5(6)7(9)10/h1-9,11,13,17,23H,10H2,(H2,20,22);2*1-4,8H,(H,9,10). The van der Waals surface area contributed by atoms with Gasteiger partial charge >= 0.3 is 18.0 Å². The van der Waals surface area contributed by atoms with Crippen molar-refractivity contribution in [1.29, 1.82) is 0 Å². The van der Waals surface area contributed by atoms with E-state index in [1.165, 1.54) is 48.5 Å². The number of urea groups is 1. The highest BCUT2D eigenvalue weighted by atomic mass is 19.1. The molecule has 0 saturated heterocycles. The molecule has 45 heavy (non-hydrogen) atoms. The molecule has 0 bridgehead atoms. The lowest BCUT2D eigenvalue weighted by Crippen LogP contribution is -2.40. The number of hydrogen-bond acceptors (Lipinski definition) is 8. The lowest BCUT2D eigenvalue weighted by atomic mass is 10.2. The fraction of sp³-hybridized carbons (Fsp3) is 0.0938. The number of benzene rings is 4. The average molecular weight is 621 g/mol. The highest BCUT2D eigenvalue weighted by Gasteiger charge is 2.27. The van der Waals surface area contributed by atoms with E-state index in [4.69, 9.17) is 35.6 Å². The summed E-state index contributed by atoms with van der Waals surface area (Å²) in [6.07, 6.45) is 3.50. The number of phenols is 2. The van der Waals surface area contributed by atoms with E-state index >= 15 is 0 Å². The molecule has 4 aromatic carbocycles. The molecule has 0 radical (unpaired) electrons. The van der Waals surface area contributed by atoms with Gasteiger partial charge in [0.15, 0.2) is 0 Å². The SMILES string of the molecule is NC(=O)N(O)C1C=CC(Oc2cccc(Oc3ccc(F)cc3)c2)C1.O=C(O)c1ccccc1O.O=C(O)c1ccccc1O.